The largest absolute Gasteiger partial charge is 0.465 e. The number of amides is 1. The number of methoxy groups -OCH3 is 1. The lowest BCUT2D eigenvalue weighted by molar-refractivity contribution is 0.0600. The van der Waals surface area contributed by atoms with Gasteiger partial charge < -0.3 is 10.1 Å². The topological polar surface area (TPSA) is 86.1 Å². The molecular weight excluding hydrogens is 344 g/mol. The molecule has 0 bridgehead atoms. The summed E-state index contributed by atoms with van der Waals surface area (Å²) in [6.07, 6.45) is 1.47. The first kappa shape index (κ1) is 16.9. The quantitative estimate of drug-likeness (QED) is 0.727. The molecule has 0 aliphatic heterocycles. The molecule has 3 rings (SSSR count). The zero-order chi connectivity index (χ0) is 18.1. The summed E-state index contributed by atoms with van der Waals surface area (Å²) in [6.45, 7) is 1.85. The molecule has 128 valence electrons. The van der Waals surface area contributed by atoms with E-state index < -0.39 is 5.97 Å². The molecule has 3 aromatic rings. The van der Waals surface area contributed by atoms with Crippen molar-refractivity contribution in [3.05, 3.63) is 52.3 Å². The number of carbonyl (C=O) groups excluding carboxylic acids is 2. The molecule has 0 aliphatic rings. The smallest absolute Gasteiger partial charge is 0.337 e. The molecule has 0 saturated heterocycles. The predicted octanol–water partition coefficient (Wildman–Crippen LogP) is 2.97. The van der Waals surface area contributed by atoms with Crippen molar-refractivity contribution in [3.63, 3.8) is 0 Å². The van der Waals surface area contributed by atoms with Crippen LogP contribution in [0.25, 0.3) is 11.0 Å². The van der Waals surface area contributed by atoms with Crippen LogP contribution >= 0.6 is 11.6 Å². The molecule has 0 radical (unpaired) electrons. The summed E-state index contributed by atoms with van der Waals surface area (Å²) in [5, 5.41) is 8.08. The Balaban J connectivity index is 1.92. The van der Waals surface area contributed by atoms with Gasteiger partial charge in [0.1, 0.15) is 0 Å². The van der Waals surface area contributed by atoms with Crippen molar-refractivity contribution in [2.45, 2.75) is 6.92 Å². The van der Waals surface area contributed by atoms with Crippen LogP contribution in [0, 0.1) is 6.92 Å². The van der Waals surface area contributed by atoms with Gasteiger partial charge in [0, 0.05) is 18.6 Å². The molecule has 25 heavy (non-hydrogen) atoms. The predicted molar refractivity (Wildman–Crippen MR) is 94.0 cm³/mol. The van der Waals surface area contributed by atoms with Gasteiger partial charge in [0.05, 0.1) is 34.6 Å². The van der Waals surface area contributed by atoms with Gasteiger partial charge in [-0.15, -0.1) is 0 Å². The van der Waals surface area contributed by atoms with Gasteiger partial charge in [-0.1, -0.05) is 11.6 Å². The highest BCUT2D eigenvalue weighted by Crippen LogP contribution is 2.24. The van der Waals surface area contributed by atoms with Crippen LogP contribution in [0.4, 0.5) is 5.69 Å². The van der Waals surface area contributed by atoms with Crippen molar-refractivity contribution in [2.24, 2.45) is 7.05 Å². The Morgan fingerprint density at radius 2 is 2.00 bits per heavy atom. The number of fused-ring (bicyclic) bond motifs is 1. The van der Waals surface area contributed by atoms with E-state index in [0.29, 0.717) is 27.5 Å². The number of esters is 1. The van der Waals surface area contributed by atoms with E-state index in [2.05, 4.69) is 20.1 Å². The Morgan fingerprint density at radius 3 is 2.72 bits per heavy atom. The maximum absolute atomic E-state index is 12.5. The molecule has 0 atom stereocenters. The number of pyridine rings is 1. The molecule has 0 aliphatic carbocycles. The Morgan fingerprint density at radius 1 is 1.24 bits per heavy atom. The minimum Gasteiger partial charge on any atom is -0.465 e. The van der Waals surface area contributed by atoms with Gasteiger partial charge in [-0.3, -0.25) is 9.48 Å². The first-order chi connectivity index (χ1) is 11.9. The van der Waals surface area contributed by atoms with Crippen LogP contribution in [0.15, 0.2) is 30.5 Å². The van der Waals surface area contributed by atoms with Crippen LogP contribution in [-0.2, 0) is 11.8 Å². The summed E-state index contributed by atoms with van der Waals surface area (Å²) in [5.74, 6) is -0.900. The molecule has 0 spiro atoms. The lowest BCUT2D eigenvalue weighted by atomic mass is 10.1. The first-order valence-electron chi connectivity index (χ1n) is 7.39. The summed E-state index contributed by atoms with van der Waals surface area (Å²) < 4.78 is 6.33. The fourth-order valence-corrected chi connectivity index (χ4v) is 2.66. The minimum absolute atomic E-state index is 0.291. The molecule has 1 aromatic carbocycles. The van der Waals surface area contributed by atoms with Gasteiger partial charge in [-0.05, 0) is 31.2 Å². The normalized spacial score (nSPS) is 10.7. The fraction of sp³-hybridized carbons (Fsp3) is 0.176. The third kappa shape index (κ3) is 3.18. The highest BCUT2D eigenvalue weighted by atomic mass is 35.5. The highest BCUT2D eigenvalue weighted by molar-refractivity contribution is 6.34. The fourth-order valence-electron chi connectivity index (χ4n) is 2.49. The second-order valence-corrected chi connectivity index (χ2v) is 5.85. The number of hydrogen-bond donors (Lipinski definition) is 1. The molecule has 0 unspecified atom stereocenters. The van der Waals surface area contributed by atoms with E-state index in [-0.39, 0.29) is 5.91 Å². The number of ether oxygens (including phenoxy) is 1. The van der Waals surface area contributed by atoms with E-state index in [4.69, 9.17) is 11.6 Å². The molecule has 1 N–H and O–H groups in total. The summed E-state index contributed by atoms with van der Waals surface area (Å²) in [6, 6.07) is 6.23. The number of rotatable bonds is 3. The van der Waals surface area contributed by atoms with Gasteiger partial charge in [-0.25, -0.2) is 9.78 Å². The second-order valence-electron chi connectivity index (χ2n) is 5.44. The van der Waals surface area contributed by atoms with Crippen LogP contribution in [0.5, 0.6) is 0 Å². The maximum atomic E-state index is 12.5. The number of nitrogens with zero attached hydrogens (tertiary/aromatic N) is 3. The van der Waals surface area contributed by atoms with Crippen LogP contribution < -0.4 is 5.32 Å². The van der Waals surface area contributed by atoms with Crippen molar-refractivity contribution >= 4 is 40.2 Å². The van der Waals surface area contributed by atoms with Crippen LogP contribution in [0.3, 0.4) is 0 Å². The summed E-state index contributed by atoms with van der Waals surface area (Å²) in [5.41, 5.74) is 2.45. The van der Waals surface area contributed by atoms with E-state index in [1.807, 2.05) is 6.92 Å². The zero-order valence-electron chi connectivity index (χ0n) is 13.8. The third-order valence-corrected chi connectivity index (χ3v) is 4.09. The molecule has 0 fully saturated rings. The van der Waals surface area contributed by atoms with E-state index in [9.17, 15) is 9.59 Å². The number of halogens is 1. The number of benzene rings is 1. The average molecular weight is 359 g/mol. The van der Waals surface area contributed by atoms with Crippen molar-refractivity contribution < 1.29 is 14.3 Å². The van der Waals surface area contributed by atoms with Crippen molar-refractivity contribution in [1.29, 1.82) is 0 Å². The van der Waals surface area contributed by atoms with Crippen molar-refractivity contribution in [3.8, 4) is 0 Å². The van der Waals surface area contributed by atoms with Crippen LogP contribution in [-0.4, -0.2) is 33.8 Å². The van der Waals surface area contributed by atoms with Crippen molar-refractivity contribution in [1.82, 2.24) is 14.8 Å². The standard InChI is InChI=1S/C17H15ClN4O3/c1-9-12-6-11(8-19-15(12)22(2)21-9)16(23)20-14-7-10(17(24)25-3)4-5-13(14)18/h4-8H,1-3H3,(H,20,23). The number of anilines is 1. The van der Waals surface area contributed by atoms with Gasteiger partial charge in [0.15, 0.2) is 5.65 Å². The van der Waals surface area contributed by atoms with Crippen LogP contribution in [0.1, 0.15) is 26.4 Å². The van der Waals surface area contributed by atoms with E-state index in [0.717, 1.165) is 11.1 Å². The lowest BCUT2D eigenvalue weighted by Gasteiger charge is -2.09. The maximum Gasteiger partial charge on any atom is 0.337 e. The zero-order valence-corrected chi connectivity index (χ0v) is 14.6. The first-order valence-corrected chi connectivity index (χ1v) is 7.77. The summed E-state index contributed by atoms with van der Waals surface area (Å²) in [4.78, 5) is 28.4. The van der Waals surface area contributed by atoms with E-state index in [1.54, 1.807) is 17.8 Å². The number of hydrogen-bond acceptors (Lipinski definition) is 5. The molecule has 7 nitrogen and oxygen atoms in total. The Hall–Kier alpha value is -2.93. The van der Waals surface area contributed by atoms with Gasteiger partial charge >= 0.3 is 5.97 Å². The summed E-state index contributed by atoms with van der Waals surface area (Å²) >= 11 is 6.10. The summed E-state index contributed by atoms with van der Waals surface area (Å²) in [7, 11) is 3.08. The van der Waals surface area contributed by atoms with Gasteiger partial charge in [0.25, 0.3) is 5.91 Å². The number of nitrogens with one attached hydrogen (secondary N) is 1. The van der Waals surface area contributed by atoms with Crippen LogP contribution in [0.2, 0.25) is 5.02 Å². The SMILES string of the molecule is COC(=O)c1ccc(Cl)c(NC(=O)c2cnc3c(c2)c(C)nn3C)c1. The number of carbonyl (C=O) groups is 2. The second kappa shape index (κ2) is 6.52. The van der Waals surface area contributed by atoms with E-state index in [1.165, 1.54) is 31.5 Å². The number of aromatic nitrogens is 3. The molecular formula is C17H15ClN4O3. The lowest BCUT2D eigenvalue weighted by Crippen LogP contribution is -2.13. The highest BCUT2D eigenvalue weighted by Gasteiger charge is 2.15. The Labute approximate surface area is 148 Å². The average Bonchev–Trinajstić information content (AvgIpc) is 2.89. The Kier molecular flexibility index (Phi) is 4.41. The molecule has 8 heteroatoms. The number of aryl methyl sites for hydroxylation is 2. The molecule has 1 amide bonds. The molecule has 2 aromatic heterocycles. The third-order valence-electron chi connectivity index (χ3n) is 3.76. The van der Waals surface area contributed by atoms with Gasteiger partial charge in [-0.2, -0.15) is 5.10 Å². The molecule has 0 saturated carbocycles. The minimum atomic E-state index is -0.513. The van der Waals surface area contributed by atoms with Gasteiger partial charge in [0.2, 0.25) is 0 Å². The van der Waals surface area contributed by atoms with E-state index >= 15 is 0 Å². The monoisotopic (exact) mass is 358 g/mol. The molecule has 2 heterocycles. The van der Waals surface area contributed by atoms with Crippen molar-refractivity contribution in [2.75, 3.05) is 12.4 Å². The Bertz CT molecular complexity index is 997.